The first-order chi connectivity index (χ1) is 11.5. The van der Waals surface area contributed by atoms with Crippen LogP contribution in [-0.4, -0.2) is 58.1 Å². The van der Waals surface area contributed by atoms with Crippen molar-refractivity contribution in [1.82, 2.24) is 19.6 Å². The largest absolute Gasteiger partial charge is 0.344 e. The van der Waals surface area contributed by atoms with Crippen molar-refractivity contribution in [2.75, 3.05) is 26.7 Å². The molecule has 1 spiro atoms. The molecule has 24 heavy (non-hydrogen) atoms. The highest BCUT2D eigenvalue weighted by atomic mass is 16.2. The standard InChI is InChI=1S/C18H28N4O2/c1-20(9-6-15-11-19-21(2)12-15)17(24)13-22-14-18(10-16(22)23)7-4-3-5-8-18/h11-12H,3-10,13-14H2,1-2H3. The minimum atomic E-state index is 0.0279. The maximum atomic E-state index is 12.5. The molecule has 0 aromatic carbocycles. The number of hydrogen-bond acceptors (Lipinski definition) is 3. The Labute approximate surface area is 143 Å². The van der Waals surface area contributed by atoms with E-state index in [9.17, 15) is 9.59 Å². The van der Waals surface area contributed by atoms with E-state index in [1.165, 1.54) is 19.3 Å². The van der Waals surface area contributed by atoms with Gasteiger partial charge in [-0.25, -0.2) is 0 Å². The Kier molecular flexibility index (Phi) is 4.92. The monoisotopic (exact) mass is 332 g/mol. The fraction of sp³-hybridized carbons (Fsp3) is 0.722. The van der Waals surface area contributed by atoms with Crippen molar-refractivity contribution >= 4 is 11.8 Å². The van der Waals surface area contributed by atoms with Gasteiger partial charge < -0.3 is 9.80 Å². The van der Waals surface area contributed by atoms with Crippen LogP contribution in [0, 0.1) is 5.41 Å². The third kappa shape index (κ3) is 3.79. The molecular weight excluding hydrogens is 304 g/mol. The highest BCUT2D eigenvalue weighted by Gasteiger charge is 2.43. The van der Waals surface area contributed by atoms with Crippen LogP contribution in [-0.2, 0) is 23.1 Å². The Morgan fingerprint density at radius 3 is 2.75 bits per heavy atom. The summed E-state index contributed by atoms with van der Waals surface area (Å²) in [7, 11) is 3.70. The summed E-state index contributed by atoms with van der Waals surface area (Å²) in [5.74, 6) is 0.186. The van der Waals surface area contributed by atoms with E-state index in [2.05, 4.69) is 5.10 Å². The normalized spacial score (nSPS) is 19.9. The van der Waals surface area contributed by atoms with E-state index in [1.807, 2.05) is 26.5 Å². The fourth-order valence-corrected chi connectivity index (χ4v) is 4.07. The van der Waals surface area contributed by atoms with Crippen LogP contribution in [0.3, 0.4) is 0 Å². The van der Waals surface area contributed by atoms with Gasteiger partial charge in [-0.1, -0.05) is 19.3 Å². The van der Waals surface area contributed by atoms with Crippen LogP contribution in [0.25, 0.3) is 0 Å². The molecule has 1 saturated carbocycles. The van der Waals surface area contributed by atoms with Crippen LogP contribution in [0.2, 0.25) is 0 Å². The third-order valence-electron chi connectivity index (χ3n) is 5.57. The Hall–Kier alpha value is -1.85. The minimum absolute atomic E-state index is 0.0279. The number of carbonyl (C=O) groups is 2. The summed E-state index contributed by atoms with van der Waals surface area (Å²) >= 11 is 0. The van der Waals surface area contributed by atoms with Gasteiger partial charge in [-0.05, 0) is 30.2 Å². The molecule has 3 rings (SSSR count). The Morgan fingerprint density at radius 1 is 1.33 bits per heavy atom. The molecule has 132 valence electrons. The maximum absolute atomic E-state index is 12.5. The van der Waals surface area contributed by atoms with Crippen molar-refractivity contribution < 1.29 is 9.59 Å². The fourth-order valence-electron chi connectivity index (χ4n) is 4.07. The zero-order chi connectivity index (χ0) is 17.2. The van der Waals surface area contributed by atoms with Crippen LogP contribution < -0.4 is 0 Å². The Bertz CT molecular complexity index is 604. The molecule has 2 fully saturated rings. The predicted molar refractivity (Wildman–Crippen MR) is 91.3 cm³/mol. The van der Waals surface area contributed by atoms with Crippen LogP contribution in [0.15, 0.2) is 12.4 Å². The molecule has 0 bridgehead atoms. The number of aryl methyl sites for hydroxylation is 1. The molecule has 0 N–H and O–H groups in total. The molecule has 1 aliphatic carbocycles. The van der Waals surface area contributed by atoms with E-state index in [0.717, 1.165) is 31.4 Å². The van der Waals surface area contributed by atoms with Gasteiger partial charge in [0.2, 0.25) is 11.8 Å². The van der Waals surface area contributed by atoms with E-state index in [4.69, 9.17) is 0 Å². The first-order valence-corrected chi connectivity index (χ1v) is 8.97. The van der Waals surface area contributed by atoms with Gasteiger partial charge in [-0.15, -0.1) is 0 Å². The molecule has 0 unspecified atom stereocenters. The molecule has 6 heteroatoms. The number of rotatable bonds is 5. The second kappa shape index (κ2) is 6.95. The minimum Gasteiger partial charge on any atom is -0.344 e. The zero-order valence-electron chi connectivity index (χ0n) is 14.8. The quantitative estimate of drug-likeness (QED) is 0.823. The summed E-state index contributed by atoms with van der Waals surface area (Å²) in [6.07, 6.45) is 11.2. The van der Waals surface area contributed by atoms with Gasteiger partial charge in [0.15, 0.2) is 0 Å². The van der Waals surface area contributed by atoms with E-state index in [-0.39, 0.29) is 23.8 Å². The molecule has 2 heterocycles. The number of likely N-dealkylation sites (tertiary alicyclic amines) is 1. The van der Waals surface area contributed by atoms with Crippen LogP contribution in [0.4, 0.5) is 0 Å². The van der Waals surface area contributed by atoms with Gasteiger partial charge in [-0.2, -0.15) is 5.10 Å². The number of aromatic nitrogens is 2. The average molecular weight is 332 g/mol. The van der Waals surface area contributed by atoms with Gasteiger partial charge in [0, 0.05) is 39.8 Å². The smallest absolute Gasteiger partial charge is 0.241 e. The van der Waals surface area contributed by atoms with Crippen molar-refractivity contribution in [2.24, 2.45) is 12.5 Å². The molecule has 1 aromatic rings. The molecule has 2 amide bonds. The molecule has 2 aliphatic rings. The second-order valence-electron chi connectivity index (χ2n) is 7.57. The molecule has 0 radical (unpaired) electrons. The Balaban J connectivity index is 1.49. The van der Waals surface area contributed by atoms with Crippen molar-refractivity contribution in [3.63, 3.8) is 0 Å². The first-order valence-electron chi connectivity index (χ1n) is 8.97. The topological polar surface area (TPSA) is 58.4 Å². The summed E-state index contributed by atoms with van der Waals surface area (Å²) in [6.45, 7) is 1.65. The third-order valence-corrected chi connectivity index (χ3v) is 5.57. The van der Waals surface area contributed by atoms with Gasteiger partial charge in [-0.3, -0.25) is 14.3 Å². The number of hydrogen-bond donors (Lipinski definition) is 0. The summed E-state index contributed by atoms with van der Waals surface area (Å²) in [4.78, 5) is 28.3. The van der Waals surface area contributed by atoms with Gasteiger partial charge in [0.25, 0.3) is 0 Å². The highest BCUT2D eigenvalue weighted by Crippen LogP contribution is 2.44. The van der Waals surface area contributed by atoms with Crippen molar-refractivity contribution in [2.45, 2.75) is 44.9 Å². The number of carbonyl (C=O) groups excluding carboxylic acids is 2. The SMILES string of the molecule is CN(CCc1cnn(C)c1)C(=O)CN1CC2(CCCCC2)CC1=O. The lowest BCUT2D eigenvalue weighted by Gasteiger charge is -2.32. The van der Waals surface area contributed by atoms with E-state index in [1.54, 1.807) is 14.5 Å². The average Bonchev–Trinajstić information content (AvgIpc) is 3.09. The molecule has 6 nitrogen and oxygen atoms in total. The van der Waals surface area contributed by atoms with Crippen LogP contribution in [0.5, 0.6) is 0 Å². The summed E-state index contributed by atoms with van der Waals surface area (Å²) in [5, 5.41) is 4.14. The molecular formula is C18H28N4O2. The summed E-state index contributed by atoms with van der Waals surface area (Å²) in [5.41, 5.74) is 1.28. The second-order valence-corrected chi connectivity index (χ2v) is 7.57. The van der Waals surface area contributed by atoms with Crippen LogP contribution in [0.1, 0.15) is 44.1 Å². The summed E-state index contributed by atoms with van der Waals surface area (Å²) in [6, 6.07) is 0. The number of nitrogens with zero attached hydrogens (tertiary/aromatic N) is 4. The molecule has 0 atom stereocenters. The zero-order valence-corrected chi connectivity index (χ0v) is 14.8. The maximum Gasteiger partial charge on any atom is 0.241 e. The highest BCUT2D eigenvalue weighted by molar-refractivity contribution is 5.86. The number of likely N-dealkylation sites (N-methyl/N-ethyl adjacent to an activating group) is 1. The Morgan fingerprint density at radius 2 is 2.08 bits per heavy atom. The summed E-state index contributed by atoms with van der Waals surface area (Å²) < 4.78 is 1.77. The van der Waals surface area contributed by atoms with Crippen molar-refractivity contribution in [3.05, 3.63) is 18.0 Å². The first kappa shape index (κ1) is 17.0. The van der Waals surface area contributed by atoms with Crippen LogP contribution >= 0.6 is 0 Å². The van der Waals surface area contributed by atoms with E-state index >= 15 is 0 Å². The molecule has 1 saturated heterocycles. The molecule has 1 aromatic heterocycles. The lowest BCUT2D eigenvalue weighted by Crippen LogP contribution is -2.40. The lowest BCUT2D eigenvalue weighted by molar-refractivity contribution is -0.137. The lowest BCUT2D eigenvalue weighted by atomic mass is 9.73. The predicted octanol–water partition coefficient (Wildman–Crippen LogP) is 1.60. The van der Waals surface area contributed by atoms with Gasteiger partial charge >= 0.3 is 0 Å². The van der Waals surface area contributed by atoms with E-state index in [0.29, 0.717) is 13.0 Å². The van der Waals surface area contributed by atoms with Crippen molar-refractivity contribution in [1.29, 1.82) is 0 Å². The van der Waals surface area contributed by atoms with E-state index < -0.39 is 0 Å². The van der Waals surface area contributed by atoms with Gasteiger partial charge in [0.1, 0.15) is 0 Å². The van der Waals surface area contributed by atoms with Gasteiger partial charge in [0.05, 0.1) is 12.7 Å². The molecule has 1 aliphatic heterocycles. The van der Waals surface area contributed by atoms with Crippen molar-refractivity contribution in [3.8, 4) is 0 Å². The number of amides is 2.